The minimum absolute atomic E-state index is 0.0391. The number of para-hydroxylation sites is 1. The second-order valence-electron chi connectivity index (χ2n) is 4.33. The molecule has 5 nitrogen and oxygen atoms in total. The lowest BCUT2D eigenvalue weighted by molar-refractivity contribution is -0.123. The Morgan fingerprint density at radius 3 is 2.85 bits per heavy atom. The largest absolute Gasteiger partial charge is 0.483 e. The zero-order valence-corrected chi connectivity index (χ0v) is 12.0. The van der Waals surface area contributed by atoms with E-state index in [-0.39, 0.29) is 18.6 Å². The zero-order valence-electron chi connectivity index (χ0n) is 12.0. The SMILES string of the molecule is CCC(NC)c1ccccc1OCC(=O)NCCC#N. The highest BCUT2D eigenvalue weighted by Gasteiger charge is 2.13. The standard InChI is InChI=1S/C15H21N3O2/c1-3-13(17-2)12-7-4-5-8-14(12)20-11-15(19)18-10-6-9-16/h4-5,7-8,13,17H,3,6,10-11H2,1-2H3,(H,18,19). The lowest BCUT2D eigenvalue weighted by Crippen LogP contribution is -2.29. The van der Waals surface area contributed by atoms with E-state index in [0.717, 1.165) is 12.0 Å². The Labute approximate surface area is 119 Å². The van der Waals surface area contributed by atoms with Crippen molar-refractivity contribution in [2.45, 2.75) is 25.8 Å². The van der Waals surface area contributed by atoms with Crippen LogP contribution in [-0.4, -0.2) is 26.1 Å². The molecule has 0 saturated heterocycles. The molecule has 0 aliphatic rings. The third-order valence-corrected chi connectivity index (χ3v) is 2.97. The van der Waals surface area contributed by atoms with Crippen molar-refractivity contribution in [1.29, 1.82) is 5.26 Å². The number of nitriles is 1. The number of rotatable bonds is 8. The van der Waals surface area contributed by atoms with Gasteiger partial charge in [0.2, 0.25) is 0 Å². The van der Waals surface area contributed by atoms with Crippen molar-refractivity contribution in [1.82, 2.24) is 10.6 Å². The van der Waals surface area contributed by atoms with Crippen LogP contribution in [0.4, 0.5) is 0 Å². The fraction of sp³-hybridized carbons (Fsp3) is 0.467. The molecule has 0 bridgehead atoms. The second kappa shape index (κ2) is 8.94. The molecule has 1 rings (SSSR count). The Balaban J connectivity index is 2.59. The molecule has 5 heteroatoms. The number of nitrogens with zero attached hydrogens (tertiary/aromatic N) is 1. The van der Waals surface area contributed by atoms with E-state index in [4.69, 9.17) is 10.00 Å². The second-order valence-corrected chi connectivity index (χ2v) is 4.33. The third-order valence-electron chi connectivity index (χ3n) is 2.97. The van der Waals surface area contributed by atoms with E-state index in [9.17, 15) is 4.79 Å². The summed E-state index contributed by atoms with van der Waals surface area (Å²) in [5.74, 6) is 0.497. The number of hydrogen-bond acceptors (Lipinski definition) is 4. The van der Waals surface area contributed by atoms with Gasteiger partial charge in [0.05, 0.1) is 12.5 Å². The maximum absolute atomic E-state index is 11.6. The van der Waals surface area contributed by atoms with Crippen LogP contribution in [0.1, 0.15) is 31.4 Å². The minimum atomic E-state index is -0.215. The van der Waals surface area contributed by atoms with E-state index >= 15 is 0 Å². The average molecular weight is 275 g/mol. The summed E-state index contributed by atoms with van der Waals surface area (Å²) >= 11 is 0. The molecule has 1 atom stereocenters. The van der Waals surface area contributed by atoms with Crippen LogP contribution in [-0.2, 0) is 4.79 Å². The maximum Gasteiger partial charge on any atom is 0.257 e. The van der Waals surface area contributed by atoms with Gasteiger partial charge in [0.1, 0.15) is 5.75 Å². The van der Waals surface area contributed by atoms with Gasteiger partial charge in [0, 0.05) is 18.2 Å². The van der Waals surface area contributed by atoms with Crippen molar-refractivity contribution in [3.8, 4) is 11.8 Å². The number of amides is 1. The predicted octanol–water partition coefficient (Wildman–Crippen LogP) is 1.77. The van der Waals surface area contributed by atoms with Crippen molar-refractivity contribution in [3.05, 3.63) is 29.8 Å². The topological polar surface area (TPSA) is 74.2 Å². The molecule has 0 saturated carbocycles. The van der Waals surface area contributed by atoms with Gasteiger partial charge >= 0.3 is 0 Å². The molecule has 1 unspecified atom stereocenters. The number of ether oxygens (including phenoxy) is 1. The van der Waals surface area contributed by atoms with Gasteiger partial charge in [0.15, 0.2) is 6.61 Å². The number of carbonyl (C=O) groups is 1. The predicted molar refractivity (Wildman–Crippen MR) is 77.3 cm³/mol. The van der Waals surface area contributed by atoms with Gasteiger partial charge in [-0.3, -0.25) is 4.79 Å². The van der Waals surface area contributed by atoms with E-state index < -0.39 is 0 Å². The molecule has 2 N–H and O–H groups in total. The molecule has 0 radical (unpaired) electrons. The Morgan fingerprint density at radius 1 is 1.45 bits per heavy atom. The number of benzene rings is 1. The molecular weight excluding hydrogens is 254 g/mol. The van der Waals surface area contributed by atoms with Crippen LogP contribution in [0.5, 0.6) is 5.75 Å². The minimum Gasteiger partial charge on any atom is -0.483 e. The first-order valence-corrected chi connectivity index (χ1v) is 6.75. The summed E-state index contributed by atoms with van der Waals surface area (Å²) in [6.45, 7) is 2.41. The van der Waals surface area contributed by atoms with Crippen molar-refractivity contribution in [2.75, 3.05) is 20.2 Å². The van der Waals surface area contributed by atoms with Crippen LogP contribution in [0.2, 0.25) is 0 Å². The summed E-state index contributed by atoms with van der Waals surface area (Å²) in [5.41, 5.74) is 1.04. The molecule has 0 fully saturated rings. The van der Waals surface area contributed by atoms with E-state index in [1.807, 2.05) is 37.4 Å². The molecule has 1 amide bonds. The molecule has 0 spiro atoms. The summed E-state index contributed by atoms with van der Waals surface area (Å²) in [7, 11) is 1.90. The van der Waals surface area contributed by atoms with Gasteiger partial charge in [-0.25, -0.2) is 0 Å². The van der Waals surface area contributed by atoms with Crippen molar-refractivity contribution >= 4 is 5.91 Å². The summed E-state index contributed by atoms with van der Waals surface area (Å²) < 4.78 is 5.58. The highest BCUT2D eigenvalue weighted by molar-refractivity contribution is 5.77. The summed E-state index contributed by atoms with van der Waals surface area (Å²) in [6.07, 6.45) is 1.24. The van der Waals surface area contributed by atoms with E-state index in [1.54, 1.807) is 0 Å². The molecule has 1 aromatic rings. The van der Waals surface area contributed by atoms with Crippen LogP contribution in [0.25, 0.3) is 0 Å². The first kappa shape index (κ1) is 16.0. The molecule has 0 aliphatic heterocycles. The van der Waals surface area contributed by atoms with Crippen LogP contribution < -0.4 is 15.4 Å². The molecule has 0 aromatic heterocycles. The lowest BCUT2D eigenvalue weighted by Gasteiger charge is -2.18. The summed E-state index contributed by atoms with van der Waals surface area (Å²) in [6, 6.07) is 9.86. The first-order chi connectivity index (χ1) is 9.72. The molecular formula is C15H21N3O2. The van der Waals surface area contributed by atoms with Crippen LogP contribution >= 0.6 is 0 Å². The zero-order chi connectivity index (χ0) is 14.8. The maximum atomic E-state index is 11.6. The first-order valence-electron chi connectivity index (χ1n) is 6.75. The van der Waals surface area contributed by atoms with Crippen molar-refractivity contribution < 1.29 is 9.53 Å². The number of nitrogens with one attached hydrogen (secondary N) is 2. The van der Waals surface area contributed by atoms with Gasteiger partial charge in [-0.1, -0.05) is 25.1 Å². The summed E-state index contributed by atoms with van der Waals surface area (Å²) in [5, 5.41) is 14.2. The lowest BCUT2D eigenvalue weighted by atomic mass is 10.0. The Hall–Kier alpha value is -2.06. The molecule has 1 aromatic carbocycles. The van der Waals surface area contributed by atoms with Crippen LogP contribution in [0.3, 0.4) is 0 Å². The highest BCUT2D eigenvalue weighted by atomic mass is 16.5. The molecule has 0 heterocycles. The smallest absolute Gasteiger partial charge is 0.257 e. The van der Waals surface area contributed by atoms with Crippen LogP contribution in [0.15, 0.2) is 24.3 Å². The van der Waals surface area contributed by atoms with E-state index in [0.29, 0.717) is 18.7 Å². The monoisotopic (exact) mass is 275 g/mol. The van der Waals surface area contributed by atoms with Gasteiger partial charge in [-0.2, -0.15) is 5.26 Å². The average Bonchev–Trinajstić information content (AvgIpc) is 2.48. The van der Waals surface area contributed by atoms with Crippen molar-refractivity contribution in [3.63, 3.8) is 0 Å². The quantitative estimate of drug-likeness (QED) is 0.709. The fourth-order valence-electron chi connectivity index (χ4n) is 1.93. The van der Waals surface area contributed by atoms with Crippen LogP contribution in [0, 0.1) is 11.3 Å². The van der Waals surface area contributed by atoms with E-state index in [2.05, 4.69) is 17.6 Å². The van der Waals surface area contributed by atoms with Gasteiger partial charge in [0.25, 0.3) is 5.91 Å². The summed E-state index contributed by atoms with van der Waals surface area (Å²) in [4.78, 5) is 11.6. The molecule has 0 aliphatic carbocycles. The Kier molecular flexibility index (Phi) is 7.15. The molecule has 20 heavy (non-hydrogen) atoms. The van der Waals surface area contributed by atoms with E-state index in [1.165, 1.54) is 0 Å². The highest BCUT2D eigenvalue weighted by Crippen LogP contribution is 2.26. The third kappa shape index (κ3) is 4.90. The fourth-order valence-corrected chi connectivity index (χ4v) is 1.93. The Morgan fingerprint density at radius 2 is 2.20 bits per heavy atom. The van der Waals surface area contributed by atoms with Gasteiger partial charge in [-0.05, 0) is 19.5 Å². The van der Waals surface area contributed by atoms with Crippen molar-refractivity contribution in [2.24, 2.45) is 0 Å². The Bertz CT molecular complexity index is 464. The van der Waals surface area contributed by atoms with Gasteiger partial charge < -0.3 is 15.4 Å². The number of carbonyl (C=O) groups excluding carboxylic acids is 1. The number of hydrogen-bond donors (Lipinski definition) is 2. The normalized spacial score (nSPS) is 11.4. The van der Waals surface area contributed by atoms with Gasteiger partial charge in [-0.15, -0.1) is 0 Å². The molecule has 108 valence electrons.